The number of carbonyl (C=O) groups excluding carboxylic acids is 3. The Morgan fingerprint density at radius 2 is 1.79 bits per heavy atom. The molecule has 8 nitrogen and oxygen atoms in total. The molecular weight excluding hydrogens is 526 g/mol. The second-order valence-electron chi connectivity index (χ2n) is 8.26. The number of amidine groups is 1. The number of anilines is 1. The standard InChI is InChI=1S/C28H26ClN3O5S/c1-3-37-27(35)18-8-10-20(11-9-18)30-26(34)24-16-25(33)32(17-19-6-4-5-7-23(19)29)28(38-24)31-21-12-14-22(36-2)15-13-21/h4-15,24H,3,16-17H2,1-2H3,(H,30,34). The molecule has 1 unspecified atom stereocenters. The number of nitrogens with one attached hydrogen (secondary N) is 1. The summed E-state index contributed by atoms with van der Waals surface area (Å²) in [5.41, 5.74) is 2.27. The van der Waals surface area contributed by atoms with Crippen LogP contribution in [-0.2, 0) is 20.9 Å². The highest BCUT2D eigenvalue weighted by molar-refractivity contribution is 8.15. The minimum absolute atomic E-state index is 0.0104. The molecule has 10 heteroatoms. The van der Waals surface area contributed by atoms with Crippen molar-refractivity contribution in [3.05, 3.63) is 88.9 Å². The van der Waals surface area contributed by atoms with Crippen LogP contribution in [-0.4, -0.2) is 46.8 Å². The zero-order valence-corrected chi connectivity index (χ0v) is 22.4. The highest BCUT2D eigenvalue weighted by atomic mass is 35.5. The first-order chi connectivity index (χ1) is 18.4. The predicted octanol–water partition coefficient (Wildman–Crippen LogP) is 5.69. The Balaban J connectivity index is 1.55. The number of benzene rings is 3. The maximum Gasteiger partial charge on any atom is 0.338 e. The molecular formula is C28H26ClN3O5S. The molecule has 0 aliphatic carbocycles. The fourth-order valence-electron chi connectivity index (χ4n) is 3.69. The van der Waals surface area contributed by atoms with E-state index in [0.717, 1.165) is 5.56 Å². The maximum atomic E-state index is 13.3. The molecule has 0 aromatic heterocycles. The summed E-state index contributed by atoms with van der Waals surface area (Å²) in [6.45, 7) is 2.24. The number of esters is 1. The van der Waals surface area contributed by atoms with Gasteiger partial charge >= 0.3 is 5.97 Å². The van der Waals surface area contributed by atoms with Gasteiger partial charge in [0.2, 0.25) is 11.8 Å². The largest absolute Gasteiger partial charge is 0.497 e. The molecule has 196 valence electrons. The van der Waals surface area contributed by atoms with Crippen LogP contribution in [0.15, 0.2) is 77.8 Å². The summed E-state index contributed by atoms with van der Waals surface area (Å²) in [5, 5.41) is 3.06. The highest BCUT2D eigenvalue weighted by Crippen LogP contribution is 2.32. The predicted molar refractivity (Wildman–Crippen MR) is 149 cm³/mol. The molecule has 1 atom stereocenters. The van der Waals surface area contributed by atoms with E-state index < -0.39 is 11.2 Å². The van der Waals surface area contributed by atoms with Crippen LogP contribution < -0.4 is 10.1 Å². The highest BCUT2D eigenvalue weighted by Gasteiger charge is 2.36. The first-order valence-corrected chi connectivity index (χ1v) is 13.1. The van der Waals surface area contributed by atoms with Crippen LogP contribution in [0, 0.1) is 0 Å². The lowest BCUT2D eigenvalue weighted by atomic mass is 10.2. The zero-order valence-electron chi connectivity index (χ0n) is 20.8. The molecule has 0 radical (unpaired) electrons. The van der Waals surface area contributed by atoms with Crippen LogP contribution in [0.5, 0.6) is 5.75 Å². The SMILES string of the molecule is CCOC(=O)c1ccc(NC(=O)C2CC(=O)N(Cc3ccccc3Cl)C(=Nc3ccc(OC)cc3)S2)cc1. The topological polar surface area (TPSA) is 97.3 Å². The molecule has 3 aromatic rings. The van der Waals surface area contributed by atoms with Gasteiger partial charge in [0.15, 0.2) is 5.17 Å². The lowest BCUT2D eigenvalue weighted by molar-refractivity contribution is -0.129. The molecule has 0 bridgehead atoms. The fourth-order valence-corrected chi connectivity index (χ4v) is 4.98. The Morgan fingerprint density at radius 1 is 1.08 bits per heavy atom. The third kappa shape index (κ3) is 6.73. The summed E-state index contributed by atoms with van der Waals surface area (Å²) in [6, 6.07) is 20.8. The van der Waals surface area contributed by atoms with E-state index in [-0.39, 0.29) is 31.4 Å². The van der Waals surface area contributed by atoms with Gasteiger partial charge in [-0.15, -0.1) is 0 Å². The number of ether oxygens (including phenoxy) is 2. The number of methoxy groups -OCH3 is 1. The summed E-state index contributed by atoms with van der Waals surface area (Å²) in [6.07, 6.45) is -0.0104. The number of hydrogen-bond acceptors (Lipinski definition) is 7. The van der Waals surface area contributed by atoms with Gasteiger partial charge in [-0.1, -0.05) is 41.6 Å². The van der Waals surface area contributed by atoms with Crippen LogP contribution in [0.1, 0.15) is 29.3 Å². The molecule has 1 fully saturated rings. The second kappa shape index (κ2) is 12.6. The fraction of sp³-hybridized carbons (Fsp3) is 0.214. The lowest BCUT2D eigenvalue weighted by Crippen LogP contribution is -2.44. The molecule has 38 heavy (non-hydrogen) atoms. The Bertz CT molecular complexity index is 1350. The number of halogens is 1. The van der Waals surface area contributed by atoms with E-state index in [9.17, 15) is 14.4 Å². The number of thioether (sulfide) groups is 1. The van der Waals surface area contributed by atoms with Gasteiger partial charge in [-0.2, -0.15) is 0 Å². The number of carbonyl (C=O) groups is 3. The van der Waals surface area contributed by atoms with E-state index in [1.54, 1.807) is 73.5 Å². The van der Waals surface area contributed by atoms with Crippen molar-refractivity contribution < 1.29 is 23.9 Å². The van der Waals surface area contributed by atoms with Gasteiger partial charge in [-0.05, 0) is 67.1 Å². The van der Waals surface area contributed by atoms with Crippen LogP contribution in [0.2, 0.25) is 5.02 Å². The van der Waals surface area contributed by atoms with Crippen molar-refractivity contribution in [1.82, 2.24) is 4.90 Å². The summed E-state index contributed by atoms with van der Waals surface area (Å²) in [7, 11) is 1.58. The zero-order chi connectivity index (χ0) is 27.1. The van der Waals surface area contributed by atoms with Crippen molar-refractivity contribution in [1.29, 1.82) is 0 Å². The van der Waals surface area contributed by atoms with Gasteiger partial charge in [-0.25, -0.2) is 9.79 Å². The summed E-state index contributed by atoms with van der Waals surface area (Å²) in [5.74, 6) is -0.335. The average molecular weight is 552 g/mol. The van der Waals surface area contributed by atoms with Crippen LogP contribution >= 0.6 is 23.4 Å². The van der Waals surface area contributed by atoms with Gasteiger partial charge in [0.25, 0.3) is 0 Å². The van der Waals surface area contributed by atoms with E-state index >= 15 is 0 Å². The van der Waals surface area contributed by atoms with Gasteiger partial charge < -0.3 is 14.8 Å². The number of rotatable bonds is 8. The Morgan fingerprint density at radius 3 is 2.45 bits per heavy atom. The van der Waals surface area contributed by atoms with Crippen molar-refractivity contribution >= 4 is 57.7 Å². The van der Waals surface area contributed by atoms with Gasteiger partial charge in [-0.3, -0.25) is 14.5 Å². The average Bonchev–Trinajstić information content (AvgIpc) is 2.92. The molecule has 1 N–H and O–H groups in total. The first-order valence-electron chi connectivity index (χ1n) is 11.9. The maximum absolute atomic E-state index is 13.3. The van der Waals surface area contributed by atoms with Crippen molar-refractivity contribution in [2.45, 2.75) is 25.1 Å². The number of aliphatic imine (C=N–C) groups is 1. The monoisotopic (exact) mass is 551 g/mol. The second-order valence-corrected chi connectivity index (χ2v) is 9.84. The Hall–Kier alpha value is -3.82. The quantitative estimate of drug-likeness (QED) is 0.361. The molecule has 0 spiro atoms. The molecule has 0 saturated carbocycles. The van der Waals surface area contributed by atoms with Crippen LogP contribution in [0.3, 0.4) is 0 Å². The van der Waals surface area contributed by atoms with Crippen molar-refractivity contribution in [2.24, 2.45) is 4.99 Å². The summed E-state index contributed by atoms with van der Waals surface area (Å²) >= 11 is 7.57. The third-order valence-electron chi connectivity index (χ3n) is 5.68. The van der Waals surface area contributed by atoms with Crippen LogP contribution in [0.4, 0.5) is 11.4 Å². The Labute approximate surface area is 230 Å². The van der Waals surface area contributed by atoms with E-state index in [1.165, 1.54) is 11.8 Å². The molecule has 3 aromatic carbocycles. The summed E-state index contributed by atoms with van der Waals surface area (Å²) < 4.78 is 10.2. The van der Waals surface area contributed by atoms with Crippen LogP contribution in [0.25, 0.3) is 0 Å². The minimum atomic E-state index is -0.702. The van der Waals surface area contributed by atoms with E-state index in [2.05, 4.69) is 5.32 Å². The molecule has 1 aliphatic rings. The smallest absolute Gasteiger partial charge is 0.338 e. The van der Waals surface area contributed by atoms with Gasteiger partial charge in [0.1, 0.15) is 11.0 Å². The van der Waals surface area contributed by atoms with E-state index in [0.29, 0.717) is 32.9 Å². The molecule has 2 amide bonds. The van der Waals surface area contributed by atoms with Gasteiger partial charge in [0.05, 0.1) is 31.5 Å². The Kier molecular flexibility index (Phi) is 9.04. The third-order valence-corrected chi connectivity index (χ3v) is 7.24. The molecule has 1 aliphatic heterocycles. The summed E-state index contributed by atoms with van der Waals surface area (Å²) in [4.78, 5) is 44.6. The minimum Gasteiger partial charge on any atom is -0.497 e. The van der Waals surface area contributed by atoms with Crippen molar-refractivity contribution in [3.8, 4) is 5.75 Å². The first kappa shape index (κ1) is 27.2. The lowest BCUT2D eigenvalue weighted by Gasteiger charge is -2.32. The van der Waals surface area contributed by atoms with Gasteiger partial charge in [0, 0.05) is 17.1 Å². The van der Waals surface area contributed by atoms with Crippen molar-refractivity contribution in [3.63, 3.8) is 0 Å². The normalized spacial score (nSPS) is 16.3. The van der Waals surface area contributed by atoms with E-state index in [4.69, 9.17) is 26.1 Å². The number of hydrogen-bond donors (Lipinski definition) is 1. The number of nitrogens with zero attached hydrogens (tertiary/aromatic N) is 2. The molecule has 1 saturated heterocycles. The molecule has 4 rings (SSSR count). The number of amides is 2. The van der Waals surface area contributed by atoms with E-state index in [1.807, 2.05) is 18.2 Å². The van der Waals surface area contributed by atoms with Crippen molar-refractivity contribution in [2.75, 3.05) is 19.0 Å². The molecule has 1 heterocycles.